The molecule has 8 nitrogen and oxygen atoms in total. The number of nitro benzene ring substituents is 1. The van der Waals surface area contributed by atoms with Gasteiger partial charge in [-0.2, -0.15) is 0 Å². The lowest BCUT2D eigenvalue weighted by molar-refractivity contribution is -0.385. The molecule has 0 bridgehead atoms. The van der Waals surface area contributed by atoms with Crippen LogP contribution in [-0.2, 0) is 10.0 Å². The van der Waals surface area contributed by atoms with Gasteiger partial charge in [0, 0.05) is 19.2 Å². The average Bonchev–Trinajstić information content (AvgIpc) is 2.36. The summed E-state index contributed by atoms with van der Waals surface area (Å²) in [4.78, 5) is 11.6. The maximum Gasteiger partial charge on any atom is 0.270 e. The van der Waals surface area contributed by atoms with E-state index in [1.54, 1.807) is 0 Å². The van der Waals surface area contributed by atoms with Crippen molar-refractivity contribution in [1.82, 2.24) is 15.6 Å². The van der Waals surface area contributed by atoms with Crippen LogP contribution in [0.2, 0.25) is 0 Å². The molecule has 10 heteroatoms. The fourth-order valence-electron chi connectivity index (χ4n) is 0.999. The normalized spacial score (nSPS) is 10.7. The summed E-state index contributed by atoms with van der Waals surface area (Å²) in [7, 11) is -2.40. The number of rotatable bonds is 4. The molecule has 0 aromatic heterocycles. The third-order valence-corrected chi connectivity index (χ3v) is 3.42. The van der Waals surface area contributed by atoms with Gasteiger partial charge in [0.05, 0.1) is 9.82 Å². The standard InChI is InChI=1S/C8H10N4O4S2/c1-9-8(17)10-11-18(15,16)7-4-2-3-6(5-7)12(13)14/h2-5,11H,1H3,(H2,9,10,17). The highest BCUT2D eigenvalue weighted by molar-refractivity contribution is 7.89. The smallest absolute Gasteiger partial charge is 0.270 e. The van der Waals surface area contributed by atoms with E-state index in [9.17, 15) is 18.5 Å². The molecule has 0 spiro atoms. The second-order valence-electron chi connectivity index (χ2n) is 3.06. The zero-order valence-corrected chi connectivity index (χ0v) is 10.8. The maximum atomic E-state index is 11.7. The van der Waals surface area contributed by atoms with Gasteiger partial charge in [-0.1, -0.05) is 6.07 Å². The summed E-state index contributed by atoms with van der Waals surface area (Å²) in [6.07, 6.45) is 0. The predicted molar refractivity (Wildman–Crippen MR) is 68.2 cm³/mol. The van der Waals surface area contributed by atoms with Gasteiger partial charge in [-0.25, -0.2) is 8.42 Å². The number of hydrazine groups is 1. The van der Waals surface area contributed by atoms with Crippen LogP contribution in [0.25, 0.3) is 0 Å². The molecular weight excluding hydrogens is 280 g/mol. The third-order valence-electron chi connectivity index (χ3n) is 1.86. The van der Waals surface area contributed by atoms with Gasteiger partial charge in [-0.05, 0) is 18.3 Å². The Balaban J connectivity index is 2.95. The second kappa shape index (κ2) is 5.71. The molecule has 0 atom stereocenters. The van der Waals surface area contributed by atoms with Gasteiger partial charge in [-0.3, -0.25) is 15.5 Å². The molecule has 0 fully saturated rings. The van der Waals surface area contributed by atoms with Crippen LogP contribution in [0.1, 0.15) is 0 Å². The third kappa shape index (κ3) is 3.61. The van der Waals surface area contributed by atoms with E-state index in [0.717, 1.165) is 6.07 Å². The van der Waals surface area contributed by atoms with Gasteiger partial charge < -0.3 is 5.32 Å². The van der Waals surface area contributed by atoms with Gasteiger partial charge in [0.25, 0.3) is 15.7 Å². The van der Waals surface area contributed by atoms with E-state index in [2.05, 4.69) is 23.0 Å². The van der Waals surface area contributed by atoms with Crippen LogP contribution in [0.3, 0.4) is 0 Å². The number of nitro groups is 1. The molecular formula is C8H10N4O4S2. The van der Waals surface area contributed by atoms with Crippen molar-refractivity contribution in [2.24, 2.45) is 0 Å². The number of hydrogen-bond donors (Lipinski definition) is 3. The predicted octanol–water partition coefficient (Wildman–Crippen LogP) is -0.118. The summed E-state index contributed by atoms with van der Waals surface area (Å²) in [6, 6.07) is 4.67. The zero-order chi connectivity index (χ0) is 13.8. The molecule has 0 aliphatic rings. The quantitative estimate of drug-likeness (QED) is 0.402. The van der Waals surface area contributed by atoms with E-state index >= 15 is 0 Å². The molecule has 98 valence electrons. The Labute approximate surface area is 109 Å². The van der Waals surface area contributed by atoms with Crippen LogP contribution < -0.4 is 15.6 Å². The van der Waals surface area contributed by atoms with Crippen LogP contribution in [0, 0.1) is 10.1 Å². The first-order valence-corrected chi connectivity index (χ1v) is 6.50. The van der Waals surface area contributed by atoms with Crippen LogP contribution in [0.15, 0.2) is 29.2 Å². The molecule has 0 heterocycles. The molecule has 0 saturated carbocycles. The topological polar surface area (TPSA) is 113 Å². The molecule has 0 aliphatic heterocycles. The first kappa shape index (κ1) is 14.3. The summed E-state index contributed by atoms with van der Waals surface area (Å²) < 4.78 is 23.5. The van der Waals surface area contributed by atoms with Gasteiger partial charge in [0.1, 0.15) is 0 Å². The van der Waals surface area contributed by atoms with Crippen molar-refractivity contribution in [2.75, 3.05) is 7.05 Å². The number of nitrogens with zero attached hydrogens (tertiary/aromatic N) is 1. The van der Waals surface area contributed by atoms with Gasteiger partial charge >= 0.3 is 0 Å². The molecule has 0 unspecified atom stereocenters. The van der Waals surface area contributed by atoms with Gasteiger partial charge in [0.2, 0.25) is 0 Å². The van der Waals surface area contributed by atoms with Gasteiger partial charge in [0.15, 0.2) is 5.11 Å². The summed E-state index contributed by atoms with van der Waals surface area (Å²) in [5.41, 5.74) is 1.92. The molecule has 1 aromatic rings. The lowest BCUT2D eigenvalue weighted by Gasteiger charge is -2.09. The molecule has 18 heavy (non-hydrogen) atoms. The highest BCUT2D eigenvalue weighted by atomic mass is 32.2. The maximum absolute atomic E-state index is 11.7. The van der Waals surface area contributed by atoms with E-state index in [1.807, 2.05) is 4.83 Å². The minimum Gasteiger partial charge on any atom is -0.365 e. The monoisotopic (exact) mass is 290 g/mol. The van der Waals surface area contributed by atoms with E-state index in [0.29, 0.717) is 0 Å². The zero-order valence-electron chi connectivity index (χ0n) is 9.21. The van der Waals surface area contributed by atoms with Crippen LogP contribution in [0.4, 0.5) is 5.69 Å². The molecule has 3 N–H and O–H groups in total. The number of sulfonamides is 1. The number of non-ortho nitro benzene ring substituents is 1. The molecule has 1 rings (SSSR count). The largest absolute Gasteiger partial charge is 0.365 e. The lowest BCUT2D eigenvalue weighted by Crippen LogP contribution is -2.45. The molecule has 0 amide bonds. The van der Waals surface area contributed by atoms with E-state index in [1.165, 1.54) is 25.2 Å². The van der Waals surface area contributed by atoms with Crippen molar-refractivity contribution >= 4 is 33.0 Å². The highest BCUT2D eigenvalue weighted by Gasteiger charge is 2.17. The number of hydrogen-bond acceptors (Lipinski definition) is 5. The Bertz CT molecular complexity index is 572. The molecule has 1 aromatic carbocycles. The number of thiocarbonyl (C=S) groups is 1. The SMILES string of the molecule is CNC(=S)NNS(=O)(=O)c1cccc([N+](=O)[O-])c1. The summed E-state index contributed by atoms with van der Waals surface area (Å²) in [6.45, 7) is 0. The van der Waals surface area contributed by atoms with Crippen LogP contribution in [-0.4, -0.2) is 25.5 Å². The highest BCUT2D eigenvalue weighted by Crippen LogP contribution is 2.16. The van der Waals surface area contributed by atoms with Crippen molar-refractivity contribution in [3.8, 4) is 0 Å². The Hall–Kier alpha value is -1.78. The summed E-state index contributed by atoms with van der Waals surface area (Å²) in [5, 5.41) is 13.1. The minimum atomic E-state index is -3.91. The summed E-state index contributed by atoms with van der Waals surface area (Å²) in [5.74, 6) is 0. The van der Waals surface area contributed by atoms with Crippen molar-refractivity contribution < 1.29 is 13.3 Å². The Morgan fingerprint density at radius 1 is 1.44 bits per heavy atom. The van der Waals surface area contributed by atoms with Crippen molar-refractivity contribution in [1.29, 1.82) is 0 Å². The molecule has 0 saturated heterocycles. The van der Waals surface area contributed by atoms with E-state index < -0.39 is 14.9 Å². The first-order chi connectivity index (χ1) is 8.36. The van der Waals surface area contributed by atoms with Crippen molar-refractivity contribution in [2.45, 2.75) is 4.90 Å². The van der Waals surface area contributed by atoms with Crippen molar-refractivity contribution in [3.05, 3.63) is 34.4 Å². The number of benzene rings is 1. The van der Waals surface area contributed by atoms with Crippen LogP contribution in [0.5, 0.6) is 0 Å². The first-order valence-electron chi connectivity index (χ1n) is 4.61. The fourth-order valence-corrected chi connectivity index (χ4v) is 2.00. The molecule has 0 radical (unpaired) electrons. The Morgan fingerprint density at radius 3 is 2.67 bits per heavy atom. The van der Waals surface area contributed by atoms with Crippen molar-refractivity contribution in [3.63, 3.8) is 0 Å². The Kier molecular flexibility index (Phi) is 4.53. The average molecular weight is 290 g/mol. The summed E-state index contributed by atoms with van der Waals surface area (Å²) >= 11 is 4.68. The fraction of sp³-hybridized carbons (Fsp3) is 0.125. The number of nitrogens with one attached hydrogen (secondary N) is 3. The second-order valence-corrected chi connectivity index (χ2v) is 5.15. The minimum absolute atomic E-state index is 0.0732. The lowest BCUT2D eigenvalue weighted by atomic mass is 10.3. The van der Waals surface area contributed by atoms with Crippen LogP contribution >= 0.6 is 12.2 Å². The van der Waals surface area contributed by atoms with E-state index in [-0.39, 0.29) is 15.7 Å². The molecule has 0 aliphatic carbocycles. The van der Waals surface area contributed by atoms with Gasteiger partial charge in [-0.15, -0.1) is 4.83 Å². The Morgan fingerprint density at radius 2 is 2.11 bits per heavy atom. The van der Waals surface area contributed by atoms with E-state index in [4.69, 9.17) is 0 Å².